The summed E-state index contributed by atoms with van der Waals surface area (Å²) in [6.45, 7) is 7.78. The Bertz CT molecular complexity index is 756. The van der Waals surface area contributed by atoms with Gasteiger partial charge in [0.2, 0.25) is 0 Å². The Morgan fingerprint density at radius 3 is 2.17 bits per heavy atom. The van der Waals surface area contributed by atoms with Gasteiger partial charge in [0.1, 0.15) is 10.6 Å². The lowest BCUT2D eigenvalue weighted by atomic mass is 9.98. The Morgan fingerprint density at radius 1 is 1.21 bits per heavy atom. The van der Waals surface area contributed by atoms with Gasteiger partial charge in [-0.05, 0) is 19.1 Å². The number of carbonyl (C=O) groups excluding carboxylic acids is 1. The van der Waals surface area contributed by atoms with E-state index >= 15 is 0 Å². The molecule has 0 radical (unpaired) electrons. The summed E-state index contributed by atoms with van der Waals surface area (Å²) >= 11 is 1.29. The average Bonchev–Trinajstić information content (AvgIpc) is 2.79. The Kier molecular flexibility index (Phi) is 4.94. The molecule has 0 aliphatic heterocycles. The first kappa shape index (κ1) is 18.3. The van der Waals surface area contributed by atoms with Crippen molar-refractivity contribution in [3.05, 3.63) is 39.3 Å². The predicted octanol–water partition coefficient (Wildman–Crippen LogP) is 4.35. The number of hydrogen-bond donors (Lipinski definition) is 1. The van der Waals surface area contributed by atoms with Crippen molar-refractivity contribution in [2.24, 2.45) is 0 Å². The maximum Gasteiger partial charge on any atom is 0.267 e. The highest BCUT2D eigenvalue weighted by Gasteiger charge is 2.23. The number of aryl methyl sites for hydroxylation is 1. The molecule has 0 spiro atoms. The van der Waals surface area contributed by atoms with Crippen LogP contribution in [0.25, 0.3) is 0 Å². The molecule has 0 aliphatic rings. The molecule has 0 atom stereocenters. The third kappa shape index (κ3) is 3.72. The lowest BCUT2D eigenvalue weighted by Crippen LogP contribution is -2.15. The summed E-state index contributed by atoms with van der Waals surface area (Å²) in [5, 5.41) is 3.38. The van der Waals surface area contributed by atoms with Crippen molar-refractivity contribution in [1.29, 1.82) is 0 Å². The van der Waals surface area contributed by atoms with Crippen LogP contribution < -0.4 is 10.2 Å². The smallest absolute Gasteiger partial charge is 0.267 e. The fourth-order valence-corrected chi connectivity index (χ4v) is 3.20. The van der Waals surface area contributed by atoms with Gasteiger partial charge in [0.15, 0.2) is 11.6 Å². The van der Waals surface area contributed by atoms with E-state index in [2.05, 4.69) is 10.3 Å². The van der Waals surface area contributed by atoms with Crippen LogP contribution in [0.1, 0.15) is 41.1 Å². The van der Waals surface area contributed by atoms with Crippen molar-refractivity contribution in [3.63, 3.8) is 0 Å². The van der Waals surface area contributed by atoms with Gasteiger partial charge in [0.25, 0.3) is 5.91 Å². The number of nitrogens with one attached hydrogen (secondary N) is 1. The number of rotatable bonds is 3. The molecule has 1 aromatic carbocycles. The molecule has 0 fully saturated rings. The summed E-state index contributed by atoms with van der Waals surface area (Å²) in [4.78, 5) is 18.6. The minimum absolute atomic E-state index is 0.0747. The van der Waals surface area contributed by atoms with E-state index in [1.165, 1.54) is 16.2 Å². The third-order valence-electron chi connectivity index (χ3n) is 3.37. The Balaban J connectivity index is 2.29. The van der Waals surface area contributed by atoms with E-state index in [9.17, 15) is 13.6 Å². The quantitative estimate of drug-likeness (QED) is 0.892. The van der Waals surface area contributed by atoms with Crippen LogP contribution in [0.3, 0.4) is 0 Å². The molecule has 1 amide bonds. The zero-order valence-corrected chi connectivity index (χ0v) is 15.4. The van der Waals surface area contributed by atoms with E-state index in [4.69, 9.17) is 0 Å². The number of nitrogens with zero attached hydrogens (tertiary/aromatic N) is 2. The number of thiazole rings is 1. The molecule has 2 rings (SSSR count). The number of anilines is 2. The fourth-order valence-electron chi connectivity index (χ4n) is 2.18. The number of amides is 1. The minimum atomic E-state index is -0.730. The second kappa shape index (κ2) is 6.47. The highest BCUT2D eigenvalue weighted by atomic mass is 32.1. The van der Waals surface area contributed by atoms with Gasteiger partial charge in [0, 0.05) is 25.2 Å². The molecular formula is C17H21F2N3OS. The van der Waals surface area contributed by atoms with Gasteiger partial charge in [-0.2, -0.15) is 0 Å². The highest BCUT2D eigenvalue weighted by Crippen LogP contribution is 2.30. The van der Waals surface area contributed by atoms with Crippen molar-refractivity contribution >= 4 is 28.6 Å². The topological polar surface area (TPSA) is 45.2 Å². The molecule has 1 N–H and O–H groups in total. The Hall–Kier alpha value is -2.02. The molecule has 0 saturated heterocycles. The van der Waals surface area contributed by atoms with E-state index < -0.39 is 17.5 Å². The van der Waals surface area contributed by atoms with Gasteiger partial charge >= 0.3 is 0 Å². The highest BCUT2D eigenvalue weighted by molar-refractivity contribution is 7.14. The van der Waals surface area contributed by atoms with Crippen LogP contribution in [0.15, 0.2) is 12.1 Å². The predicted molar refractivity (Wildman–Crippen MR) is 94.2 cm³/mol. The lowest BCUT2D eigenvalue weighted by Gasteiger charge is -2.15. The summed E-state index contributed by atoms with van der Waals surface area (Å²) < 4.78 is 28.0. The average molecular weight is 353 g/mol. The molecule has 0 aliphatic carbocycles. The van der Waals surface area contributed by atoms with Crippen LogP contribution >= 0.6 is 11.3 Å². The third-order valence-corrected chi connectivity index (χ3v) is 4.95. The summed E-state index contributed by atoms with van der Waals surface area (Å²) in [7, 11) is 3.10. The van der Waals surface area contributed by atoms with E-state index in [1.807, 2.05) is 20.8 Å². The maximum absolute atomic E-state index is 14.0. The van der Waals surface area contributed by atoms with Gasteiger partial charge in [-0.1, -0.05) is 20.8 Å². The van der Waals surface area contributed by atoms with E-state index in [0.29, 0.717) is 10.6 Å². The first-order valence-corrected chi connectivity index (χ1v) is 8.28. The van der Waals surface area contributed by atoms with Crippen molar-refractivity contribution in [3.8, 4) is 0 Å². The molecule has 7 heteroatoms. The van der Waals surface area contributed by atoms with Crippen molar-refractivity contribution < 1.29 is 13.6 Å². The molecular weight excluding hydrogens is 332 g/mol. The van der Waals surface area contributed by atoms with Gasteiger partial charge in [-0.15, -0.1) is 11.3 Å². The lowest BCUT2D eigenvalue weighted by molar-refractivity contribution is 0.103. The number of aromatic nitrogens is 1. The van der Waals surface area contributed by atoms with Crippen molar-refractivity contribution in [1.82, 2.24) is 4.98 Å². The van der Waals surface area contributed by atoms with Gasteiger partial charge in [-0.25, -0.2) is 13.8 Å². The van der Waals surface area contributed by atoms with Crippen LogP contribution in [0.5, 0.6) is 0 Å². The van der Waals surface area contributed by atoms with Crippen LogP contribution in [0, 0.1) is 18.6 Å². The molecule has 4 nitrogen and oxygen atoms in total. The summed E-state index contributed by atoms with van der Waals surface area (Å²) in [5.74, 6) is -1.88. The Morgan fingerprint density at radius 2 is 1.75 bits per heavy atom. The molecule has 0 bridgehead atoms. The van der Waals surface area contributed by atoms with Crippen LogP contribution in [-0.4, -0.2) is 25.0 Å². The van der Waals surface area contributed by atoms with Crippen LogP contribution in [-0.2, 0) is 5.41 Å². The number of halogens is 2. The van der Waals surface area contributed by atoms with Crippen LogP contribution in [0.2, 0.25) is 0 Å². The van der Waals surface area contributed by atoms with Crippen molar-refractivity contribution in [2.45, 2.75) is 33.1 Å². The molecule has 0 unspecified atom stereocenters. The summed E-state index contributed by atoms with van der Waals surface area (Å²) in [6.07, 6.45) is 0. The Labute approximate surface area is 144 Å². The number of carbonyl (C=O) groups is 1. The zero-order valence-electron chi connectivity index (χ0n) is 14.6. The second-order valence-corrected chi connectivity index (χ2v) is 7.82. The van der Waals surface area contributed by atoms with Crippen LogP contribution in [0.4, 0.5) is 20.2 Å². The maximum atomic E-state index is 14.0. The number of hydrogen-bond acceptors (Lipinski definition) is 4. The molecule has 1 aromatic heterocycles. The van der Waals surface area contributed by atoms with Crippen molar-refractivity contribution in [2.75, 3.05) is 24.3 Å². The fraction of sp³-hybridized carbons (Fsp3) is 0.412. The first-order chi connectivity index (χ1) is 11.0. The first-order valence-electron chi connectivity index (χ1n) is 7.46. The summed E-state index contributed by atoms with van der Waals surface area (Å²) in [6, 6.07) is 2.22. The van der Waals surface area contributed by atoms with E-state index in [-0.39, 0.29) is 16.8 Å². The molecule has 1 heterocycles. The monoisotopic (exact) mass is 353 g/mol. The van der Waals surface area contributed by atoms with Gasteiger partial charge in [0.05, 0.1) is 10.7 Å². The number of benzene rings is 1. The van der Waals surface area contributed by atoms with E-state index in [1.54, 1.807) is 21.0 Å². The molecule has 24 heavy (non-hydrogen) atoms. The SMILES string of the molecule is Cc1nc(C(C)(C)C)sc1C(=O)Nc1cc(F)c(N(C)C)c(F)c1. The largest absolute Gasteiger partial charge is 0.373 e. The molecule has 0 saturated carbocycles. The van der Waals surface area contributed by atoms with E-state index in [0.717, 1.165) is 17.1 Å². The molecule has 130 valence electrons. The normalized spacial score (nSPS) is 11.5. The second-order valence-electron chi connectivity index (χ2n) is 6.82. The summed E-state index contributed by atoms with van der Waals surface area (Å²) in [5.41, 5.74) is 0.371. The molecule has 2 aromatic rings. The van der Waals surface area contributed by atoms with Gasteiger partial charge in [-0.3, -0.25) is 4.79 Å². The standard InChI is InChI=1S/C17H21F2N3OS/c1-9-14(24-16(20-9)17(2,3)4)15(23)21-10-7-11(18)13(22(5)6)12(19)8-10/h7-8H,1-6H3,(H,21,23). The zero-order chi connectivity index (χ0) is 18.2. The minimum Gasteiger partial charge on any atom is -0.373 e. The van der Waals surface area contributed by atoms with Gasteiger partial charge < -0.3 is 10.2 Å².